The zero-order valence-corrected chi connectivity index (χ0v) is 12.0. The van der Waals surface area contributed by atoms with E-state index in [-0.39, 0.29) is 5.69 Å². The van der Waals surface area contributed by atoms with Gasteiger partial charge in [-0.25, -0.2) is 4.79 Å². The smallest absolute Gasteiger partial charge is 0.309 e. The highest BCUT2D eigenvalue weighted by molar-refractivity contribution is 5.52. The molecule has 0 amide bonds. The van der Waals surface area contributed by atoms with E-state index in [0.29, 0.717) is 18.0 Å². The second-order valence-corrected chi connectivity index (χ2v) is 6.15. The number of rotatable bonds is 1. The number of imidazole rings is 1. The Morgan fingerprint density at radius 2 is 2.16 bits per heavy atom. The Morgan fingerprint density at radius 1 is 1.37 bits per heavy atom. The van der Waals surface area contributed by atoms with Crippen LogP contribution in [0.1, 0.15) is 56.5 Å². The van der Waals surface area contributed by atoms with Crippen LogP contribution in [0.2, 0.25) is 0 Å². The number of fused-ring (bicyclic) bond motifs is 1. The lowest BCUT2D eigenvalue weighted by Gasteiger charge is -2.35. The van der Waals surface area contributed by atoms with Crippen LogP contribution >= 0.6 is 0 Å². The maximum atomic E-state index is 12.3. The lowest BCUT2D eigenvalue weighted by Crippen LogP contribution is -2.40. The van der Waals surface area contributed by atoms with E-state index >= 15 is 0 Å². The minimum Gasteiger partial charge on any atom is -0.309 e. The van der Waals surface area contributed by atoms with Gasteiger partial charge in [0.2, 0.25) is 0 Å². The average Bonchev–Trinajstić information content (AvgIpc) is 2.71. The lowest BCUT2D eigenvalue weighted by molar-refractivity contribution is 0.155. The molecule has 1 aliphatic carbocycles. The van der Waals surface area contributed by atoms with Gasteiger partial charge in [0, 0.05) is 30.2 Å². The predicted molar refractivity (Wildman–Crippen MR) is 77.5 cm³/mol. The number of hydrogen-bond acceptors (Lipinski definition) is 2. The summed E-state index contributed by atoms with van der Waals surface area (Å²) in [6.07, 6.45) is 7.46. The third kappa shape index (κ3) is 2.08. The third-order valence-corrected chi connectivity index (χ3v) is 4.80. The van der Waals surface area contributed by atoms with Crippen molar-refractivity contribution in [3.63, 3.8) is 0 Å². The van der Waals surface area contributed by atoms with Gasteiger partial charge >= 0.3 is 5.69 Å². The highest BCUT2D eigenvalue weighted by Gasteiger charge is 2.29. The molecule has 1 aliphatic heterocycles. The Kier molecular flexibility index (Phi) is 3.13. The van der Waals surface area contributed by atoms with Crippen LogP contribution in [0.4, 0.5) is 0 Å². The van der Waals surface area contributed by atoms with Crippen LogP contribution < -0.4 is 5.69 Å². The molecule has 1 aromatic rings. The molecule has 2 aliphatic rings. The Bertz CT molecular complexity index is 554. The number of nitrogens with zero attached hydrogens (tertiary/aromatic N) is 2. The van der Waals surface area contributed by atoms with Gasteiger partial charge in [-0.3, -0.25) is 4.57 Å². The number of piperidine rings is 1. The Morgan fingerprint density at radius 3 is 2.89 bits per heavy atom. The summed E-state index contributed by atoms with van der Waals surface area (Å²) in [5.41, 5.74) is 2.31. The van der Waals surface area contributed by atoms with Gasteiger partial charge in [0.15, 0.2) is 0 Å². The summed E-state index contributed by atoms with van der Waals surface area (Å²) in [5, 5.41) is 0. The molecule has 3 atom stereocenters. The van der Waals surface area contributed by atoms with Crippen molar-refractivity contribution in [2.45, 2.75) is 51.1 Å². The largest absolute Gasteiger partial charge is 0.326 e. The van der Waals surface area contributed by atoms with Gasteiger partial charge in [0.25, 0.3) is 0 Å². The maximum Gasteiger partial charge on any atom is 0.326 e. The summed E-state index contributed by atoms with van der Waals surface area (Å²) in [6, 6.07) is 0.884. The fourth-order valence-electron chi connectivity index (χ4n) is 3.39. The zero-order chi connectivity index (χ0) is 13.6. The first-order valence-corrected chi connectivity index (χ1v) is 7.29. The van der Waals surface area contributed by atoms with Crippen molar-refractivity contribution in [3.8, 4) is 0 Å². The van der Waals surface area contributed by atoms with E-state index in [9.17, 15) is 4.79 Å². The van der Waals surface area contributed by atoms with Crippen LogP contribution in [0, 0.1) is 0 Å². The van der Waals surface area contributed by atoms with E-state index in [1.165, 1.54) is 0 Å². The number of aromatic amines is 1. The first-order chi connectivity index (χ1) is 9.08. The van der Waals surface area contributed by atoms with Crippen molar-refractivity contribution in [2.75, 3.05) is 13.6 Å². The van der Waals surface area contributed by atoms with Gasteiger partial charge in [-0.05, 0) is 39.3 Å². The minimum absolute atomic E-state index is 0.0742. The van der Waals surface area contributed by atoms with Crippen molar-refractivity contribution in [1.82, 2.24) is 14.5 Å². The summed E-state index contributed by atoms with van der Waals surface area (Å²) in [5.74, 6) is 0.428. The normalized spacial score (nSPS) is 31.4. The predicted octanol–water partition coefficient (Wildman–Crippen LogP) is 2.35. The Balaban J connectivity index is 1.98. The number of hydrogen-bond donors (Lipinski definition) is 1. The van der Waals surface area contributed by atoms with Gasteiger partial charge in [-0.15, -0.1) is 0 Å². The molecule has 1 saturated heterocycles. The molecule has 4 nitrogen and oxygen atoms in total. The van der Waals surface area contributed by atoms with Crippen LogP contribution in [0.5, 0.6) is 0 Å². The maximum absolute atomic E-state index is 12.3. The van der Waals surface area contributed by atoms with E-state index in [4.69, 9.17) is 0 Å². The standard InChI is InChI=1S/C15H23N3O/c1-10-5-4-6-13-14(10)16-15(19)18(13)12-7-8-17(3)11(2)9-12/h4,6,10-12H,5,7-9H2,1-3H3,(H,16,19). The molecule has 1 aromatic heterocycles. The highest BCUT2D eigenvalue weighted by atomic mass is 16.1. The molecule has 3 rings (SSSR count). The molecule has 0 saturated carbocycles. The van der Waals surface area contributed by atoms with E-state index < -0.39 is 0 Å². The van der Waals surface area contributed by atoms with E-state index in [1.807, 2.05) is 4.57 Å². The van der Waals surface area contributed by atoms with Crippen molar-refractivity contribution < 1.29 is 0 Å². The van der Waals surface area contributed by atoms with Crippen LogP contribution in [-0.2, 0) is 0 Å². The molecule has 1 N–H and O–H groups in total. The Hall–Kier alpha value is -1.29. The van der Waals surface area contributed by atoms with Crippen molar-refractivity contribution in [3.05, 3.63) is 27.9 Å². The van der Waals surface area contributed by atoms with Gasteiger partial charge < -0.3 is 9.88 Å². The fourth-order valence-corrected chi connectivity index (χ4v) is 3.39. The molecule has 1 fully saturated rings. The molecule has 0 spiro atoms. The first-order valence-electron chi connectivity index (χ1n) is 7.29. The van der Waals surface area contributed by atoms with Crippen molar-refractivity contribution >= 4 is 6.08 Å². The molecule has 104 valence electrons. The van der Waals surface area contributed by atoms with Gasteiger partial charge in [0.05, 0.1) is 5.69 Å². The molecule has 2 heterocycles. The monoisotopic (exact) mass is 261 g/mol. The Labute approximate surface area is 114 Å². The number of H-pyrrole nitrogens is 1. The summed E-state index contributed by atoms with van der Waals surface area (Å²) in [6.45, 7) is 5.49. The third-order valence-electron chi connectivity index (χ3n) is 4.80. The lowest BCUT2D eigenvalue weighted by atomic mass is 9.95. The van der Waals surface area contributed by atoms with Crippen LogP contribution in [0.25, 0.3) is 6.08 Å². The summed E-state index contributed by atoms with van der Waals surface area (Å²) in [7, 11) is 2.16. The quantitative estimate of drug-likeness (QED) is 0.843. The minimum atomic E-state index is 0.0742. The summed E-state index contributed by atoms with van der Waals surface area (Å²) in [4.78, 5) is 17.8. The molecule has 4 heteroatoms. The molecular weight excluding hydrogens is 238 g/mol. The average molecular weight is 261 g/mol. The number of aromatic nitrogens is 2. The van der Waals surface area contributed by atoms with Crippen LogP contribution in [0.15, 0.2) is 10.9 Å². The highest BCUT2D eigenvalue weighted by Crippen LogP contribution is 2.32. The van der Waals surface area contributed by atoms with Crippen molar-refractivity contribution in [2.24, 2.45) is 0 Å². The number of nitrogens with one attached hydrogen (secondary N) is 1. The van der Waals surface area contributed by atoms with E-state index in [2.05, 4.69) is 42.9 Å². The van der Waals surface area contributed by atoms with Gasteiger partial charge in [-0.1, -0.05) is 13.0 Å². The molecule has 19 heavy (non-hydrogen) atoms. The van der Waals surface area contributed by atoms with Gasteiger partial charge in [0.1, 0.15) is 0 Å². The molecular formula is C15H23N3O. The van der Waals surface area contributed by atoms with Crippen molar-refractivity contribution in [1.29, 1.82) is 0 Å². The molecule has 0 aromatic carbocycles. The number of likely N-dealkylation sites (tertiary alicyclic amines) is 1. The molecule has 3 unspecified atom stereocenters. The fraction of sp³-hybridized carbons (Fsp3) is 0.667. The van der Waals surface area contributed by atoms with Crippen LogP contribution in [-0.4, -0.2) is 34.1 Å². The van der Waals surface area contributed by atoms with Gasteiger partial charge in [-0.2, -0.15) is 0 Å². The second kappa shape index (κ2) is 4.67. The topological polar surface area (TPSA) is 41.0 Å². The summed E-state index contributed by atoms with van der Waals surface area (Å²) >= 11 is 0. The summed E-state index contributed by atoms with van der Waals surface area (Å²) < 4.78 is 2.00. The SMILES string of the molecule is CC1CC=Cc2c1[nH]c(=O)n2C1CCN(C)C(C)C1. The van der Waals surface area contributed by atoms with Crippen LogP contribution in [0.3, 0.4) is 0 Å². The second-order valence-electron chi connectivity index (χ2n) is 6.15. The molecule has 0 radical (unpaired) electrons. The molecule has 0 bridgehead atoms. The van der Waals surface area contributed by atoms with E-state index in [0.717, 1.165) is 37.2 Å². The number of allylic oxidation sites excluding steroid dienone is 1. The zero-order valence-electron chi connectivity index (χ0n) is 12.0. The van der Waals surface area contributed by atoms with E-state index in [1.54, 1.807) is 0 Å². The first kappa shape index (κ1) is 12.7.